The summed E-state index contributed by atoms with van der Waals surface area (Å²) in [6, 6.07) is 0.469. The van der Waals surface area contributed by atoms with Gasteiger partial charge in [0.1, 0.15) is 10.7 Å². The van der Waals surface area contributed by atoms with Crippen LogP contribution < -0.4 is 16.0 Å². The predicted octanol–water partition coefficient (Wildman–Crippen LogP) is 3.13. The average molecular weight is 395 g/mol. The second kappa shape index (κ2) is 9.23. The van der Waals surface area contributed by atoms with Gasteiger partial charge in [0.05, 0.1) is 12.8 Å². The molecule has 148 valence electrons. The van der Waals surface area contributed by atoms with E-state index in [1.54, 1.807) is 6.20 Å². The minimum absolute atomic E-state index is 0.0731. The molecule has 2 aliphatic heterocycles. The molecule has 1 atom stereocenters. The van der Waals surface area contributed by atoms with Crippen molar-refractivity contribution in [2.24, 2.45) is 0 Å². The van der Waals surface area contributed by atoms with Crippen molar-refractivity contribution in [2.45, 2.75) is 51.6 Å². The van der Waals surface area contributed by atoms with Crippen LogP contribution in [0.3, 0.4) is 0 Å². The fourth-order valence-electron chi connectivity index (χ4n) is 3.13. The van der Waals surface area contributed by atoms with E-state index in [9.17, 15) is 0 Å². The molecule has 0 aromatic carbocycles. The van der Waals surface area contributed by atoms with Crippen LogP contribution in [0.15, 0.2) is 17.6 Å². The number of nitrogens with zero attached hydrogens (tertiary/aromatic N) is 2. The van der Waals surface area contributed by atoms with Crippen LogP contribution in [0.4, 0.5) is 11.8 Å². The lowest BCUT2D eigenvalue weighted by Gasteiger charge is -2.26. The molecule has 0 spiro atoms. The molecule has 1 saturated heterocycles. The first-order valence-corrected chi connectivity index (χ1v) is 9.77. The van der Waals surface area contributed by atoms with Gasteiger partial charge in [-0.2, -0.15) is 4.98 Å². The van der Waals surface area contributed by atoms with E-state index < -0.39 is 0 Å². The quantitative estimate of drug-likeness (QED) is 0.624. The average Bonchev–Trinajstić information content (AvgIpc) is 2.69. The molecule has 8 nitrogen and oxygen atoms in total. The van der Waals surface area contributed by atoms with Crippen molar-refractivity contribution in [3.63, 3.8) is 0 Å². The van der Waals surface area contributed by atoms with Crippen molar-refractivity contribution in [3.8, 4) is 0 Å². The van der Waals surface area contributed by atoms with Gasteiger partial charge >= 0.3 is 0 Å². The molecule has 0 amide bonds. The highest BCUT2D eigenvalue weighted by atomic mass is 35.5. The maximum atomic E-state index is 8.39. The van der Waals surface area contributed by atoms with Crippen molar-refractivity contribution in [1.29, 1.82) is 5.41 Å². The van der Waals surface area contributed by atoms with Gasteiger partial charge in [0.15, 0.2) is 5.82 Å². The number of aromatic nitrogens is 2. The van der Waals surface area contributed by atoms with Crippen LogP contribution in [0.5, 0.6) is 0 Å². The monoisotopic (exact) mass is 394 g/mol. The SMILES string of the molecule is CCC1CCOC(=N)/C(=C(/C)NC2CCOCC2)Nc2ncc(Cl)c(n2)N1. The minimum Gasteiger partial charge on any atom is -0.476 e. The number of hydrogen-bond donors (Lipinski definition) is 4. The molecular weight excluding hydrogens is 368 g/mol. The van der Waals surface area contributed by atoms with Crippen molar-refractivity contribution < 1.29 is 9.47 Å². The van der Waals surface area contributed by atoms with Crippen LogP contribution in [0.2, 0.25) is 5.02 Å². The van der Waals surface area contributed by atoms with Crippen molar-refractivity contribution in [3.05, 3.63) is 22.6 Å². The van der Waals surface area contributed by atoms with Gasteiger partial charge in [-0.05, 0) is 26.2 Å². The molecule has 3 heterocycles. The Morgan fingerprint density at radius 3 is 2.85 bits per heavy atom. The number of hydrogen-bond acceptors (Lipinski definition) is 8. The van der Waals surface area contributed by atoms with Crippen LogP contribution in [0, 0.1) is 5.41 Å². The summed E-state index contributed by atoms with van der Waals surface area (Å²) in [5, 5.41) is 18.8. The van der Waals surface area contributed by atoms with Crippen LogP contribution in [-0.4, -0.2) is 47.8 Å². The summed E-state index contributed by atoms with van der Waals surface area (Å²) in [5.74, 6) is 1.03. The molecule has 1 unspecified atom stereocenters. The fourth-order valence-corrected chi connectivity index (χ4v) is 3.27. The molecule has 1 fully saturated rings. The zero-order chi connectivity index (χ0) is 19.2. The lowest BCUT2D eigenvalue weighted by Crippen LogP contribution is -2.35. The predicted molar refractivity (Wildman–Crippen MR) is 106 cm³/mol. The summed E-state index contributed by atoms with van der Waals surface area (Å²) in [5.41, 5.74) is 1.36. The third kappa shape index (κ3) is 5.23. The van der Waals surface area contributed by atoms with Crippen molar-refractivity contribution >= 4 is 29.3 Å². The maximum absolute atomic E-state index is 8.39. The van der Waals surface area contributed by atoms with E-state index in [1.165, 1.54) is 0 Å². The summed E-state index contributed by atoms with van der Waals surface area (Å²) in [7, 11) is 0. The highest BCUT2D eigenvalue weighted by molar-refractivity contribution is 6.32. The molecule has 1 aromatic rings. The first kappa shape index (κ1) is 19.7. The Bertz CT molecular complexity index is 705. The van der Waals surface area contributed by atoms with Gasteiger partial charge in [-0.3, -0.25) is 5.41 Å². The third-order valence-corrected chi connectivity index (χ3v) is 5.05. The summed E-state index contributed by atoms with van der Waals surface area (Å²) < 4.78 is 11.1. The summed E-state index contributed by atoms with van der Waals surface area (Å²) in [6.07, 6.45) is 5.07. The summed E-state index contributed by atoms with van der Waals surface area (Å²) in [4.78, 5) is 8.74. The van der Waals surface area contributed by atoms with Crippen LogP contribution >= 0.6 is 11.6 Å². The van der Waals surface area contributed by atoms with Gasteiger partial charge in [-0.1, -0.05) is 18.5 Å². The van der Waals surface area contributed by atoms with Gasteiger partial charge in [0.2, 0.25) is 11.8 Å². The van der Waals surface area contributed by atoms with E-state index in [1.807, 2.05) is 6.92 Å². The second-order valence-corrected chi connectivity index (χ2v) is 7.17. The van der Waals surface area contributed by atoms with E-state index in [-0.39, 0.29) is 11.9 Å². The first-order valence-electron chi connectivity index (χ1n) is 9.39. The zero-order valence-corrected chi connectivity index (χ0v) is 16.5. The lowest BCUT2D eigenvalue weighted by molar-refractivity contribution is 0.0803. The normalized spacial score (nSPS) is 23.4. The number of anilines is 2. The number of ether oxygens (including phenoxy) is 2. The van der Waals surface area contributed by atoms with E-state index in [0.29, 0.717) is 35.1 Å². The lowest BCUT2D eigenvalue weighted by atomic mass is 10.1. The molecular formula is C18H27ClN6O2. The van der Waals surface area contributed by atoms with E-state index in [2.05, 4.69) is 32.8 Å². The summed E-state index contributed by atoms with van der Waals surface area (Å²) >= 11 is 6.24. The number of allylic oxidation sites excluding steroid dienone is 1. The Morgan fingerprint density at radius 2 is 2.11 bits per heavy atom. The molecule has 3 rings (SSSR count). The Hall–Kier alpha value is -2.06. The zero-order valence-electron chi connectivity index (χ0n) is 15.8. The Morgan fingerprint density at radius 1 is 1.33 bits per heavy atom. The third-order valence-electron chi connectivity index (χ3n) is 4.77. The molecule has 27 heavy (non-hydrogen) atoms. The molecule has 0 aliphatic carbocycles. The van der Waals surface area contributed by atoms with Gasteiger partial charge < -0.3 is 25.4 Å². The van der Waals surface area contributed by atoms with Crippen LogP contribution in [0.25, 0.3) is 0 Å². The van der Waals surface area contributed by atoms with Gasteiger partial charge in [0, 0.05) is 37.4 Å². The summed E-state index contributed by atoms with van der Waals surface area (Å²) in [6.45, 7) is 5.94. The number of fused-ring (bicyclic) bond motifs is 2. The van der Waals surface area contributed by atoms with Gasteiger partial charge in [-0.25, -0.2) is 4.98 Å². The Kier molecular flexibility index (Phi) is 6.73. The van der Waals surface area contributed by atoms with Crippen molar-refractivity contribution in [2.75, 3.05) is 30.5 Å². The van der Waals surface area contributed by atoms with Gasteiger partial charge in [0.25, 0.3) is 0 Å². The fraction of sp³-hybridized carbons (Fsp3) is 0.611. The second-order valence-electron chi connectivity index (χ2n) is 6.76. The van der Waals surface area contributed by atoms with E-state index in [4.69, 9.17) is 26.5 Å². The van der Waals surface area contributed by atoms with Gasteiger partial charge in [-0.15, -0.1) is 0 Å². The Labute approximate surface area is 164 Å². The highest BCUT2D eigenvalue weighted by Gasteiger charge is 2.20. The maximum Gasteiger partial charge on any atom is 0.232 e. The Balaban J connectivity index is 1.87. The molecule has 1 aromatic heterocycles. The van der Waals surface area contributed by atoms with E-state index >= 15 is 0 Å². The minimum atomic E-state index is 0.0731. The number of nitrogens with one attached hydrogen (secondary N) is 4. The van der Waals surface area contributed by atoms with E-state index in [0.717, 1.165) is 44.6 Å². The highest BCUT2D eigenvalue weighted by Crippen LogP contribution is 2.23. The molecule has 0 saturated carbocycles. The largest absolute Gasteiger partial charge is 0.476 e. The standard InChI is InChI=1S/C18H27ClN6O2/c1-3-12-6-9-27-16(20)15(11(2)22-13-4-7-26-8-5-13)24-18-21-10-14(19)17(23-12)25-18/h10,12-13,20,22H,3-9H2,1-2H3,(H2,21,23,24,25)/b15-11+,20-16?. The van der Waals surface area contributed by atoms with Crippen LogP contribution in [0.1, 0.15) is 39.5 Å². The van der Waals surface area contributed by atoms with Crippen molar-refractivity contribution in [1.82, 2.24) is 15.3 Å². The molecule has 9 heteroatoms. The number of rotatable bonds is 3. The first-order chi connectivity index (χ1) is 13.1. The molecule has 2 aliphatic rings. The smallest absolute Gasteiger partial charge is 0.232 e. The molecule has 2 bridgehead atoms. The van der Waals surface area contributed by atoms with Crippen LogP contribution in [-0.2, 0) is 9.47 Å². The topological polar surface area (TPSA) is 104 Å². The molecule has 4 N–H and O–H groups in total. The molecule has 0 radical (unpaired) electrons. The number of halogens is 1.